The molecule has 0 unspecified atom stereocenters. The van der Waals surface area contributed by atoms with Gasteiger partial charge in [-0.2, -0.15) is 10.2 Å². The highest BCUT2D eigenvalue weighted by molar-refractivity contribution is 5.84. The maximum atomic E-state index is 13.0. The van der Waals surface area contributed by atoms with Crippen LogP contribution in [0.3, 0.4) is 0 Å². The molecule has 0 bridgehead atoms. The molecule has 2 aromatic rings. The lowest BCUT2D eigenvalue weighted by Gasteiger charge is -2.05. The summed E-state index contributed by atoms with van der Waals surface area (Å²) in [5, 5.41) is 7.44. The Balaban J connectivity index is 2.56. The third-order valence-electron chi connectivity index (χ3n) is 1.95. The number of nitrogens with zero attached hydrogens (tertiary/aromatic N) is 3. The summed E-state index contributed by atoms with van der Waals surface area (Å²) in [5.41, 5.74) is 1.32. The summed E-state index contributed by atoms with van der Waals surface area (Å²) in [7, 11) is 0. The van der Waals surface area contributed by atoms with E-state index < -0.39 is 0 Å². The van der Waals surface area contributed by atoms with Gasteiger partial charge >= 0.3 is 0 Å². The highest BCUT2D eigenvalue weighted by Gasteiger charge is 2.04. The molecule has 76 valence electrons. The van der Waals surface area contributed by atoms with Crippen LogP contribution in [0.2, 0.25) is 0 Å². The van der Waals surface area contributed by atoms with Crippen molar-refractivity contribution in [3.05, 3.63) is 48.0 Å². The predicted octanol–water partition coefficient (Wildman–Crippen LogP) is 1.30. The largest absolute Gasteiger partial charge is 0.323 e. The molecule has 1 aromatic carbocycles. The molecule has 0 saturated carbocycles. The van der Waals surface area contributed by atoms with Gasteiger partial charge in [0.2, 0.25) is 0 Å². The molecule has 0 aliphatic carbocycles. The lowest BCUT2D eigenvalue weighted by atomic mass is 10.2. The zero-order valence-electron chi connectivity index (χ0n) is 7.84. The highest BCUT2D eigenvalue weighted by Crippen LogP contribution is 2.13. The van der Waals surface area contributed by atoms with E-state index in [0.717, 1.165) is 5.69 Å². The van der Waals surface area contributed by atoms with Gasteiger partial charge in [-0.25, -0.2) is 9.07 Å². The quantitative estimate of drug-likeness (QED) is 0.455. The van der Waals surface area contributed by atoms with Crippen LogP contribution in [0.25, 0.3) is 5.69 Å². The Morgan fingerprint density at radius 3 is 3.00 bits per heavy atom. The Bertz CT molecular complexity index is 476. The third kappa shape index (κ3) is 1.85. The maximum Gasteiger partial charge on any atom is 0.124 e. The van der Waals surface area contributed by atoms with Gasteiger partial charge < -0.3 is 5.84 Å². The van der Waals surface area contributed by atoms with Gasteiger partial charge in [0.15, 0.2) is 0 Å². The van der Waals surface area contributed by atoms with Crippen LogP contribution >= 0.6 is 0 Å². The predicted molar refractivity (Wildman–Crippen MR) is 55.3 cm³/mol. The molecule has 2 N–H and O–H groups in total. The van der Waals surface area contributed by atoms with Crippen LogP contribution in [0.15, 0.2) is 41.8 Å². The smallest absolute Gasteiger partial charge is 0.124 e. The first-order chi connectivity index (χ1) is 7.31. The average molecular weight is 204 g/mol. The van der Waals surface area contributed by atoms with Crippen molar-refractivity contribution in [2.24, 2.45) is 10.9 Å². The first-order valence-electron chi connectivity index (χ1n) is 4.34. The molecule has 0 spiro atoms. The molecule has 0 radical (unpaired) electrons. The number of rotatable bonds is 2. The van der Waals surface area contributed by atoms with Crippen molar-refractivity contribution in [1.29, 1.82) is 0 Å². The second-order valence-corrected chi connectivity index (χ2v) is 2.93. The molecule has 0 atom stereocenters. The van der Waals surface area contributed by atoms with E-state index >= 15 is 0 Å². The Morgan fingerprint density at radius 2 is 2.33 bits per heavy atom. The van der Waals surface area contributed by atoms with E-state index in [2.05, 4.69) is 10.2 Å². The summed E-state index contributed by atoms with van der Waals surface area (Å²) in [6.45, 7) is 0. The van der Waals surface area contributed by atoms with Crippen molar-refractivity contribution in [2.45, 2.75) is 0 Å². The highest BCUT2D eigenvalue weighted by atomic mass is 19.1. The Hall–Kier alpha value is -2.17. The fourth-order valence-electron chi connectivity index (χ4n) is 1.33. The Morgan fingerprint density at radius 1 is 1.47 bits per heavy atom. The third-order valence-corrected chi connectivity index (χ3v) is 1.95. The van der Waals surface area contributed by atoms with Crippen LogP contribution in [-0.2, 0) is 0 Å². The monoisotopic (exact) mass is 204 g/mol. The number of benzene rings is 1. The van der Waals surface area contributed by atoms with E-state index in [9.17, 15) is 4.39 Å². The van der Waals surface area contributed by atoms with E-state index in [-0.39, 0.29) is 5.82 Å². The van der Waals surface area contributed by atoms with E-state index in [1.165, 1.54) is 18.3 Å². The minimum Gasteiger partial charge on any atom is -0.323 e. The lowest BCUT2D eigenvalue weighted by Crippen LogP contribution is -2.01. The van der Waals surface area contributed by atoms with Gasteiger partial charge in [0.25, 0.3) is 0 Å². The number of hydrogen-bond donors (Lipinski definition) is 1. The fourth-order valence-corrected chi connectivity index (χ4v) is 1.33. The van der Waals surface area contributed by atoms with Gasteiger partial charge in [0.05, 0.1) is 11.9 Å². The normalized spacial score (nSPS) is 11.0. The molecule has 1 aromatic heterocycles. The van der Waals surface area contributed by atoms with Crippen LogP contribution in [-0.4, -0.2) is 16.0 Å². The number of hydrazone groups is 1. The van der Waals surface area contributed by atoms with E-state index in [1.807, 2.05) is 0 Å². The molecule has 0 aliphatic heterocycles. The Labute approximate surface area is 85.8 Å². The van der Waals surface area contributed by atoms with Gasteiger partial charge in [0, 0.05) is 18.0 Å². The first-order valence-corrected chi connectivity index (χ1v) is 4.34. The molecule has 5 heteroatoms. The number of nitrogens with two attached hydrogens (primary N) is 1. The molecular formula is C10H9FN4. The van der Waals surface area contributed by atoms with Crippen molar-refractivity contribution in [3.8, 4) is 5.69 Å². The summed E-state index contributed by atoms with van der Waals surface area (Å²) in [4.78, 5) is 0. The second kappa shape index (κ2) is 3.91. The van der Waals surface area contributed by atoms with Crippen LogP contribution in [0.1, 0.15) is 5.56 Å². The average Bonchev–Trinajstić information content (AvgIpc) is 2.71. The molecule has 0 amide bonds. The van der Waals surface area contributed by atoms with Crippen LogP contribution in [0.4, 0.5) is 4.39 Å². The maximum absolute atomic E-state index is 13.0. The van der Waals surface area contributed by atoms with Crippen molar-refractivity contribution in [2.75, 3.05) is 0 Å². The minimum absolute atomic E-state index is 0.333. The lowest BCUT2D eigenvalue weighted by molar-refractivity contribution is 0.626. The summed E-state index contributed by atoms with van der Waals surface area (Å²) < 4.78 is 14.6. The standard InChI is InChI=1S/C10H9FN4/c11-9-2-3-10(8(6-9)7-13-12)15-5-1-4-14-15/h1-7H,12H2. The first kappa shape index (κ1) is 9.39. The molecule has 2 rings (SSSR count). The Kier molecular flexibility index (Phi) is 2.45. The van der Waals surface area contributed by atoms with E-state index in [1.54, 1.807) is 29.2 Å². The topological polar surface area (TPSA) is 56.2 Å². The van der Waals surface area contributed by atoms with E-state index in [0.29, 0.717) is 5.56 Å². The van der Waals surface area contributed by atoms with Gasteiger partial charge in [-0.05, 0) is 24.3 Å². The number of halogens is 1. The summed E-state index contributed by atoms with van der Waals surface area (Å²) in [6.07, 6.45) is 4.80. The molecule has 4 nitrogen and oxygen atoms in total. The van der Waals surface area contributed by atoms with Crippen molar-refractivity contribution in [3.63, 3.8) is 0 Å². The molecular weight excluding hydrogens is 195 g/mol. The molecule has 1 heterocycles. The van der Waals surface area contributed by atoms with Gasteiger partial charge in [-0.1, -0.05) is 0 Å². The zero-order valence-corrected chi connectivity index (χ0v) is 7.84. The molecule has 15 heavy (non-hydrogen) atoms. The molecule has 0 aliphatic rings. The number of aromatic nitrogens is 2. The van der Waals surface area contributed by atoms with Gasteiger partial charge in [-0.15, -0.1) is 0 Å². The minimum atomic E-state index is -0.333. The van der Waals surface area contributed by atoms with Crippen LogP contribution < -0.4 is 5.84 Å². The summed E-state index contributed by atoms with van der Waals surface area (Å²) in [5.74, 6) is 4.72. The van der Waals surface area contributed by atoms with Crippen LogP contribution in [0.5, 0.6) is 0 Å². The number of hydrogen-bond acceptors (Lipinski definition) is 3. The van der Waals surface area contributed by atoms with Crippen molar-refractivity contribution >= 4 is 6.21 Å². The summed E-state index contributed by atoms with van der Waals surface area (Å²) >= 11 is 0. The summed E-state index contributed by atoms with van der Waals surface area (Å²) in [6, 6.07) is 6.13. The van der Waals surface area contributed by atoms with Crippen molar-refractivity contribution in [1.82, 2.24) is 9.78 Å². The molecule has 0 fully saturated rings. The zero-order chi connectivity index (χ0) is 10.7. The van der Waals surface area contributed by atoms with Crippen molar-refractivity contribution < 1.29 is 4.39 Å². The fraction of sp³-hybridized carbons (Fsp3) is 0. The van der Waals surface area contributed by atoms with Crippen LogP contribution in [0, 0.1) is 5.82 Å². The van der Waals surface area contributed by atoms with E-state index in [4.69, 9.17) is 5.84 Å². The SMILES string of the molecule is NN=Cc1cc(F)ccc1-n1cccn1. The molecule has 0 saturated heterocycles. The second-order valence-electron chi connectivity index (χ2n) is 2.93. The van der Waals surface area contributed by atoms with Gasteiger partial charge in [-0.3, -0.25) is 0 Å². The van der Waals surface area contributed by atoms with Gasteiger partial charge in [0.1, 0.15) is 5.82 Å².